The summed E-state index contributed by atoms with van der Waals surface area (Å²) in [5.74, 6) is 0.532. The average molecular weight is 239 g/mol. The number of hydrogen-bond donors (Lipinski definition) is 1. The Labute approximate surface area is 104 Å². The first kappa shape index (κ1) is 10.7. The number of nitrogens with zero attached hydrogens (tertiary/aromatic N) is 4. The Balaban J connectivity index is 2.33. The van der Waals surface area contributed by atoms with E-state index in [-0.39, 0.29) is 0 Å². The van der Waals surface area contributed by atoms with Crippen molar-refractivity contribution in [3.8, 4) is 5.69 Å². The van der Waals surface area contributed by atoms with Gasteiger partial charge in [-0.3, -0.25) is 0 Å². The number of pyridine rings is 1. The van der Waals surface area contributed by atoms with Crippen molar-refractivity contribution in [2.75, 3.05) is 5.73 Å². The van der Waals surface area contributed by atoms with Gasteiger partial charge in [0.25, 0.3) is 0 Å². The lowest BCUT2D eigenvalue weighted by molar-refractivity contribution is 0.816. The van der Waals surface area contributed by atoms with Crippen LogP contribution in [0.15, 0.2) is 30.3 Å². The molecule has 0 spiro atoms. The molecule has 2 heterocycles. The van der Waals surface area contributed by atoms with Crippen molar-refractivity contribution >= 4 is 16.9 Å². The fourth-order valence-corrected chi connectivity index (χ4v) is 2.01. The summed E-state index contributed by atoms with van der Waals surface area (Å²) in [5, 5.41) is 8.34. The van der Waals surface area contributed by atoms with E-state index in [0.717, 1.165) is 28.0 Å². The fourth-order valence-electron chi connectivity index (χ4n) is 2.01. The molecule has 0 fully saturated rings. The summed E-state index contributed by atoms with van der Waals surface area (Å²) in [4.78, 5) is 4.24. The molecule has 1 aromatic carbocycles. The van der Waals surface area contributed by atoms with Gasteiger partial charge < -0.3 is 5.73 Å². The van der Waals surface area contributed by atoms with Crippen LogP contribution < -0.4 is 5.73 Å². The highest BCUT2D eigenvalue weighted by Crippen LogP contribution is 2.22. The number of rotatable bonds is 1. The number of nitrogens with two attached hydrogens (primary N) is 1. The van der Waals surface area contributed by atoms with E-state index in [9.17, 15) is 0 Å². The molecule has 0 aliphatic carbocycles. The van der Waals surface area contributed by atoms with E-state index in [0.29, 0.717) is 5.82 Å². The Kier molecular flexibility index (Phi) is 2.26. The third kappa shape index (κ3) is 1.52. The first-order valence-corrected chi connectivity index (χ1v) is 5.71. The van der Waals surface area contributed by atoms with Gasteiger partial charge >= 0.3 is 0 Å². The molecule has 0 saturated heterocycles. The second-order valence-corrected chi connectivity index (χ2v) is 4.28. The van der Waals surface area contributed by atoms with Crippen molar-refractivity contribution in [3.05, 3.63) is 41.6 Å². The molecular weight excluding hydrogens is 226 g/mol. The molecule has 2 N–H and O–H groups in total. The van der Waals surface area contributed by atoms with Crippen LogP contribution in [0.4, 0.5) is 5.82 Å². The van der Waals surface area contributed by atoms with Crippen LogP contribution in [0.3, 0.4) is 0 Å². The molecule has 0 aliphatic rings. The third-order valence-electron chi connectivity index (χ3n) is 2.99. The van der Waals surface area contributed by atoms with E-state index >= 15 is 0 Å². The summed E-state index contributed by atoms with van der Waals surface area (Å²) in [6.45, 7) is 3.85. The summed E-state index contributed by atoms with van der Waals surface area (Å²) in [7, 11) is 0. The molecule has 5 heteroatoms. The van der Waals surface area contributed by atoms with Gasteiger partial charge in [-0.25, -0.2) is 9.67 Å². The van der Waals surface area contributed by atoms with Gasteiger partial charge in [0.15, 0.2) is 0 Å². The maximum Gasteiger partial charge on any atom is 0.128 e. The van der Waals surface area contributed by atoms with Crippen LogP contribution in [0.5, 0.6) is 0 Å². The maximum atomic E-state index is 5.90. The average Bonchev–Trinajstić information content (AvgIpc) is 2.77. The number of aryl methyl sites for hydroxylation is 1. The Hall–Kier alpha value is -2.43. The third-order valence-corrected chi connectivity index (χ3v) is 2.99. The lowest BCUT2D eigenvalue weighted by Crippen LogP contribution is -2.05. The standard InChI is InChI=1S/C13H13N5/c1-8-7-12(9(2)13(14)15-8)18-11-6-4-3-5-10(11)16-17-18/h3-7H,1-2H3,(H2,14,15). The zero-order chi connectivity index (χ0) is 12.7. The second kappa shape index (κ2) is 3.80. The Morgan fingerprint density at radius 3 is 2.78 bits per heavy atom. The SMILES string of the molecule is Cc1cc(-n2nnc3ccccc32)c(C)c(N)n1. The summed E-state index contributed by atoms with van der Waals surface area (Å²) in [6, 6.07) is 9.80. The molecule has 3 aromatic rings. The number of fused-ring (bicyclic) bond motifs is 1. The van der Waals surface area contributed by atoms with Gasteiger partial charge in [0.1, 0.15) is 11.3 Å². The highest BCUT2D eigenvalue weighted by Gasteiger charge is 2.11. The van der Waals surface area contributed by atoms with E-state index in [1.165, 1.54) is 0 Å². The summed E-state index contributed by atoms with van der Waals surface area (Å²) < 4.78 is 1.80. The van der Waals surface area contributed by atoms with Gasteiger partial charge in [0.2, 0.25) is 0 Å². The number of nitrogen functional groups attached to an aromatic ring is 1. The largest absolute Gasteiger partial charge is 0.383 e. The van der Waals surface area contributed by atoms with Crippen LogP contribution in [0, 0.1) is 13.8 Å². The van der Waals surface area contributed by atoms with E-state index in [4.69, 9.17) is 5.73 Å². The topological polar surface area (TPSA) is 69.6 Å². The molecule has 2 aromatic heterocycles. The molecule has 0 radical (unpaired) electrons. The van der Waals surface area contributed by atoms with Crippen molar-refractivity contribution in [1.82, 2.24) is 20.0 Å². The van der Waals surface area contributed by atoms with Crippen LogP contribution in [0.1, 0.15) is 11.3 Å². The normalized spacial score (nSPS) is 11.0. The minimum Gasteiger partial charge on any atom is -0.383 e. The summed E-state index contributed by atoms with van der Waals surface area (Å²) >= 11 is 0. The predicted octanol–water partition coefficient (Wildman–Crippen LogP) is 2.01. The Morgan fingerprint density at radius 1 is 1.17 bits per heavy atom. The molecular formula is C13H13N5. The smallest absolute Gasteiger partial charge is 0.128 e. The van der Waals surface area contributed by atoms with Crippen molar-refractivity contribution < 1.29 is 0 Å². The molecule has 3 rings (SSSR count). The first-order valence-electron chi connectivity index (χ1n) is 5.71. The Bertz CT molecular complexity index is 729. The highest BCUT2D eigenvalue weighted by molar-refractivity contribution is 5.76. The van der Waals surface area contributed by atoms with E-state index in [1.807, 2.05) is 44.2 Å². The number of benzene rings is 1. The lowest BCUT2D eigenvalue weighted by Gasteiger charge is -2.09. The number of aromatic nitrogens is 4. The molecule has 5 nitrogen and oxygen atoms in total. The lowest BCUT2D eigenvalue weighted by atomic mass is 10.2. The molecule has 18 heavy (non-hydrogen) atoms. The molecule has 0 atom stereocenters. The van der Waals surface area contributed by atoms with Crippen molar-refractivity contribution in [1.29, 1.82) is 0 Å². The van der Waals surface area contributed by atoms with Crippen LogP contribution in [0.25, 0.3) is 16.7 Å². The van der Waals surface area contributed by atoms with Crippen LogP contribution in [-0.4, -0.2) is 20.0 Å². The number of hydrogen-bond acceptors (Lipinski definition) is 4. The van der Waals surface area contributed by atoms with Gasteiger partial charge in [0, 0.05) is 11.3 Å². The quantitative estimate of drug-likeness (QED) is 0.705. The Morgan fingerprint density at radius 2 is 1.94 bits per heavy atom. The van der Waals surface area contributed by atoms with Crippen molar-refractivity contribution in [2.45, 2.75) is 13.8 Å². The maximum absolute atomic E-state index is 5.90. The van der Waals surface area contributed by atoms with Gasteiger partial charge in [-0.15, -0.1) is 5.10 Å². The number of para-hydroxylation sites is 1. The van der Waals surface area contributed by atoms with Gasteiger partial charge in [0.05, 0.1) is 11.2 Å². The monoisotopic (exact) mass is 239 g/mol. The van der Waals surface area contributed by atoms with Crippen LogP contribution in [-0.2, 0) is 0 Å². The zero-order valence-corrected chi connectivity index (χ0v) is 10.3. The second-order valence-electron chi connectivity index (χ2n) is 4.28. The molecule has 0 unspecified atom stereocenters. The van der Waals surface area contributed by atoms with Crippen molar-refractivity contribution in [2.24, 2.45) is 0 Å². The predicted molar refractivity (Wildman–Crippen MR) is 70.5 cm³/mol. The van der Waals surface area contributed by atoms with Gasteiger partial charge in [-0.1, -0.05) is 17.3 Å². The first-order chi connectivity index (χ1) is 8.66. The van der Waals surface area contributed by atoms with Crippen LogP contribution >= 0.6 is 0 Å². The van der Waals surface area contributed by atoms with E-state index < -0.39 is 0 Å². The minimum absolute atomic E-state index is 0.532. The van der Waals surface area contributed by atoms with E-state index in [1.54, 1.807) is 4.68 Å². The zero-order valence-electron chi connectivity index (χ0n) is 10.3. The van der Waals surface area contributed by atoms with Crippen LogP contribution in [0.2, 0.25) is 0 Å². The molecule has 0 bridgehead atoms. The molecule has 0 amide bonds. The fraction of sp³-hybridized carbons (Fsp3) is 0.154. The van der Waals surface area contributed by atoms with Gasteiger partial charge in [-0.05, 0) is 32.0 Å². The molecule has 0 aliphatic heterocycles. The highest BCUT2D eigenvalue weighted by atomic mass is 15.4. The molecule has 0 saturated carbocycles. The van der Waals surface area contributed by atoms with Gasteiger partial charge in [-0.2, -0.15) is 0 Å². The number of anilines is 1. The summed E-state index contributed by atoms with van der Waals surface area (Å²) in [6.07, 6.45) is 0. The molecule has 90 valence electrons. The van der Waals surface area contributed by atoms with E-state index in [2.05, 4.69) is 15.3 Å². The minimum atomic E-state index is 0.532. The van der Waals surface area contributed by atoms with Crippen molar-refractivity contribution in [3.63, 3.8) is 0 Å². The summed E-state index contributed by atoms with van der Waals surface area (Å²) in [5.41, 5.74) is 10.4.